The summed E-state index contributed by atoms with van der Waals surface area (Å²) < 4.78 is 10.7. The van der Waals surface area contributed by atoms with Crippen molar-refractivity contribution in [1.82, 2.24) is 4.90 Å². The zero-order chi connectivity index (χ0) is 17.3. The molecular weight excluding hydrogens is 294 g/mol. The third-order valence-corrected chi connectivity index (χ3v) is 3.91. The standard InChI is InChI=1S/C18H25NO4/c1-6-22-15(20)18(5)11-13-9-7-8-10-14(13)12-19(18)16(21)23-17(2,3)4/h7-10H,6,11-12H2,1-5H3. The van der Waals surface area contributed by atoms with Crippen LogP contribution in [0.5, 0.6) is 0 Å². The maximum Gasteiger partial charge on any atom is 0.411 e. The van der Waals surface area contributed by atoms with Crippen LogP contribution in [0.2, 0.25) is 0 Å². The van der Waals surface area contributed by atoms with Gasteiger partial charge in [0.2, 0.25) is 0 Å². The number of carbonyl (C=O) groups excluding carboxylic acids is 2. The van der Waals surface area contributed by atoms with E-state index in [0.717, 1.165) is 11.1 Å². The summed E-state index contributed by atoms with van der Waals surface area (Å²) in [5.41, 5.74) is 0.402. The van der Waals surface area contributed by atoms with Gasteiger partial charge in [-0.2, -0.15) is 0 Å². The number of hydrogen-bond donors (Lipinski definition) is 0. The molecule has 0 spiro atoms. The first-order chi connectivity index (χ1) is 10.7. The smallest absolute Gasteiger partial charge is 0.411 e. The Morgan fingerprint density at radius 3 is 2.39 bits per heavy atom. The van der Waals surface area contributed by atoms with Crippen molar-refractivity contribution in [2.24, 2.45) is 0 Å². The van der Waals surface area contributed by atoms with Gasteiger partial charge in [0, 0.05) is 6.42 Å². The van der Waals surface area contributed by atoms with Crippen LogP contribution in [0.3, 0.4) is 0 Å². The first-order valence-corrected chi connectivity index (χ1v) is 7.92. The first-order valence-electron chi connectivity index (χ1n) is 7.92. The maximum atomic E-state index is 12.6. The molecule has 2 rings (SSSR count). The predicted molar refractivity (Wildman–Crippen MR) is 87.0 cm³/mol. The van der Waals surface area contributed by atoms with Crippen LogP contribution >= 0.6 is 0 Å². The minimum absolute atomic E-state index is 0.276. The average molecular weight is 319 g/mol. The molecule has 0 aromatic heterocycles. The topological polar surface area (TPSA) is 55.8 Å². The van der Waals surface area contributed by atoms with E-state index < -0.39 is 23.2 Å². The molecule has 0 radical (unpaired) electrons. The summed E-state index contributed by atoms with van der Waals surface area (Å²) in [6.07, 6.45) is -0.0797. The summed E-state index contributed by atoms with van der Waals surface area (Å²) in [7, 11) is 0. The van der Waals surface area contributed by atoms with E-state index in [-0.39, 0.29) is 6.61 Å². The van der Waals surface area contributed by atoms with E-state index >= 15 is 0 Å². The van der Waals surface area contributed by atoms with Crippen LogP contribution in [0.15, 0.2) is 24.3 Å². The molecule has 0 bridgehead atoms. The number of esters is 1. The minimum atomic E-state index is -1.06. The highest BCUT2D eigenvalue weighted by molar-refractivity contribution is 5.86. The summed E-state index contributed by atoms with van der Waals surface area (Å²) in [5.74, 6) is -0.402. The van der Waals surface area contributed by atoms with Gasteiger partial charge in [-0.25, -0.2) is 9.59 Å². The predicted octanol–water partition coefficient (Wildman–Crippen LogP) is 3.30. The fourth-order valence-corrected chi connectivity index (χ4v) is 2.75. The lowest BCUT2D eigenvalue weighted by Crippen LogP contribution is -2.59. The van der Waals surface area contributed by atoms with Crippen LogP contribution in [0.1, 0.15) is 45.7 Å². The van der Waals surface area contributed by atoms with Crippen LogP contribution in [-0.2, 0) is 27.2 Å². The molecule has 5 nitrogen and oxygen atoms in total. The van der Waals surface area contributed by atoms with Gasteiger partial charge in [-0.1, -0.05) is 24.3 Å². The van der Waals surface area contributed by atoms with Crippen molar-refractivity contribution in [3.8, 4) is 0 Å². The number of rotatable bonds is 2. The second-order valence-electron chi connectivity index (χ2n) is 7.01. The summed E-state index contributed by atoms with van der Waals surface area (Å²) in [5, 5.41) is 0. The van der Waals surface area contributed by atoms with Crippen LogP contribution in [0, 0.1) is 0 Å². The highest BCUT2D eigenvalue weighted by atomic mass is 16.6. The van der Waals surface area contributed by atoms with Gasteiger partial charge < -0.3 is 9.47 Å². The molecule has 126 valence electrons. The SMILES string of the molecule is CCOC(=O)C1(C)Cc2ccccc2CN1C(=O)OC(C)(C)C. The second-order valence-corrected chi connectivity index (χ2v) is 7.01. The van der Waals surface area contributed by atoms with Gasteiger partial charge in [0.05, 0.1) is 13.2 Å². The number of hydrogen-bond acceptors (Lipinski definition) is 4. The van der Waals surface area contributed by atoms with E-state index in [0.29, 0.717) is 13.0 Å². The van der Waals surface area contributed by atoms with Crippen molar-refractivity contribution >= 4 is 12.1 Å². The number of nitrogens with zero attached hydrogens (tertiary/aromatic N) is 1. The number of ether oxygens (including phenoxy) is 2. The Balaban J connectivity index is 2.39. The third-order valence-electron chi connectivity index (χ3n) is 3.91. The molecule has 1 aromatic rings. The molecule has 1 aliphatic rings. The van der Waals surface area contributed by atoms with Crippen LogP contribution in [-0.4, -0.2) is 34.7 Å². The molecule has 0 saturated carbocycles. The van der Waals surface area contributed by atoms with E-state index in [1.807, 2.05) is 45.0 Å². The Kier molecular flexibility index (Phi) is 4.68. The van der Waals surface area contributed by atoms with Gasteiger partial charge in [-0.3, -0.25) is 4.90 Å². The number of carbonyl (C=O) groups is 2. The van der Waals surface area contributed by atoms with Crippen molar-refractivity contribution in [2.45, 2.75) is 58.7 Å². The molecular formula is C18H25NO4. The summed E-state index contributed by atoms with van der Waals surface area (Å²) in [4.78, 5) is 26.7. The molecule has 23 heavy (non-hydrogen) atoms. The largest absolute Gasteiger partial charge is 0.464 e. The molecule has 5 heteroatoms. The van der Waals surface area contributed by atoms with E-state index in [2.05, 4.69) is 0 Å². The first kappa shape index (κ1) is 17.3. The lowest BCUT2D eigenvalue weighted by molar-refractivity contribution is -0.157. The zero-order valence-corrected chi connectivity index (χ0v) is 14.5. The number of benzene rings is 1. The molecule has 0 N–H and O–H groups in total. The van der Waals surface area contributed by atoms with Crippen molar-refractivity contribution < 1.29 is 19.1 Å². The molecule has 1 heterocycles. The van der Waals surface area contributed by atoms with Gasteiger partial charge in [-0.05, 0) is 45.7 Å². The molecule has 1 atom stereocenters. The Morgan fingerprint density at radius 1 is 1.22 bits per heavy atom. The minimum Gasteiger partial charge on any atom is -0.464 e. The van der Waals surface area contributed by atoms with Crippen LogP contribution in [0.4, 0.5) is 4.79 Å². The molecule has 1 unspecified atom stereocenters. The quantitative estimate of drug-likeness (QED) is 0.785. The molecule has 0 fully saturated rings. The van der Waals surface area contributed by atoms with Gasteiger partial charge in [-0.15, -0.1) is 0 Å². The Labute approximate surface area is 137 Å². The lowest BCUT2D eigenvalue weighted by atomic mass is 9.84. The molecule has 1 aromatic carbocycles. The zero-order valence-electron chi connectivity index (χ0n) is 14.5. The Hall–Kier alpha value is -2.04. The van der Waals surface area contributed by atoms with Crippen molar-refractivity contribution in [3.05, 3.63) is 35.4 Å². The molecule has 1 aliphatic heterocycles. The summed E-state index contributed by atoms with van der Waals surface area (Å²) in [6, 6.07) is 7.82. The van der Waals surface area contributed by atoms with Gasteiger partial charge in [0.15, 0.2) is 0 Å². The van der Waals surface area contributed by atoms with Crippen molar-refractivity contribution in [2.75, 3.05) is 6.61 Å². The Morgan fingerprint density at radius 2 is 1.83 bits per heavy atom. The van der Waals surface area contributed by atoms with E-state index in [9.17, 15) is 9.59 Å². The Bertz CT molecular complexity index is 605. The number of fused-ring (bicyclic) bond motifs is 1. The van der Waals surface area contributed by atoms with Crippen molar-refractivity contribution in [3.63, 3.8) is 0 Å². The highest BCUT2D eigenvalue weighted by Crippen LogP contribution is 2.33. The van der Waals surface area contributed by atoms with Gasteiger partial charge >= 0.3 is 12.1 Å². The summed E-state index contributed by atoms with van der Waals surface area (Å²) in [6.45, 7) is 9.54. The van der Waals surface area contributed by atoms with Crippen LogP contribution in [0.25, 0.3) is 0 Å². The summed E-state index contributed by atoms with van der Waals surface area (Å²) >= 11 is 0. The maximum absolute atomic E-state index is 12.6. The van der Waals surface area contributed by atoms with Crippen molar-refractivity contribution in [1.29, 1.82) is 0 Å². The number of amides is 1. The second kappa shape index (κ2) is 6.22. The normalized spacial score (nSPS) is 20.7. The van der Waals surface area contributed by atoms with Gasteiger partial charge in [0.25, 0.3) is 0 Å². The average Bonchev–Trinajstić information content (AvgIpc) is 2.44. The highest BCUT2D eigenvalue weighted by Gasteiger charge is 2.48. The molecule has 1 amide bonds. The van der Waals surface area contributed by atoms with E-state index in [1.165, 1.54) is 4.90 Å². The third kappa shape index (κ3) is 3.66. The molecule has 0 aliphatic carbocycles. The van der Waals surface area contributed by atoms with E-state index in [4.69, 9.17) is 9.47 Å². The van der Waals surface area contributed by atoms with Crippen LogP contribution < -0.4 is 0 Å². The molecule has 0 saturated heterocycles. The van der Waals surface area contributed by atoms with E-state index in [1.54, 1.807) is 13.8 Å². The van der Waals surface area contributed by atoms with Gasteiger partial charge in [0.1, 0.15) is 11.1 Å². The fraction of sp³-hybridized carbons (Fsp3) is 0.556. The lowest BCUT2D eigenvalue weighted by Gasteiger charge is -2.43. The fourth-order valence-electron chi connectivity index (χ4n) is 2.75. The monoisotopic (exact) mass is 319 g/mol.